The summed E-state index contributed by atoms with van der Waals surface area (Å²) in [5.74, 6) is 0. The molecule has 2 saturated heterocycles. The van der Waals surface area contributed by atoms with Crippen molar-refractivity contribution < 1.29 is 22.7 Å². The topological polar surface area (TPSA) is 45.7 Å². The van der Waals surface area contributed by atoms with E-state index in [1.807, 2.05) is 11.7 Å². The van der Waals surface area contributed by atoms with Gasteiger partial charge in [0.2, 0.25) is 0 Å². The summed E-state index contributed by atoms with van der Waals surface area (Å²) in [6.07, 6.45) is -1.90. The predicted molar refractivity (Wildman–Crippen MR) is 87.3 cm³/mol. The highest BCUT2D eigenvalue weighted by Gasteiger charge is 2.45. The Balaban J connectivity index is 1.56. The predicted octanol–water partition coefficient (Wildman–Crippen LogP) is 3.66. The molecule has 9 heteroatoms. The van der Waals surface area contributed by atoms with Gasteiger partial charge in [-0.2, -0.15) is 13.2 Å². The zero-order valence-electron chi connectivity index (χ0n) is 14.1. The minimum atomic E-state index is -4.52. The number of amides is 1. The highest BCUT2D eigenvalue weighted by molar-refractivity contribution is 7.09. The molecule has 3 rings (SSSR count). The molecule has 0 aliphatic carbocycles. The molecule has 3 heterocycles. The zero-order valence-corrected chi connectivity index (χ0v) is 14.9. The van der Waals surface area contributed by atoms with Gasteiger partial charge in [-0.15, -0.1) is 11.3 Å². The minimum Gasteiger partial charge on any atom is -0.437 e. The summed E-state index contributed by atoms with van der Waals surface area (Å²) in [6.45, 7) is 3.58. The van der Waals surface area contributed by atoms with Gasteiger partial charge in [0.1, 0.15) is 0 Å². The lowest BCUT2D eigenvalue weighted by Crippen LogP contribution is -2.53. The molecule has 2 aliphatic heterocycles. The van der Waals surface area contributed by atoms with Gasteiger partial charge < -0.3 is 9.64 Å². The molecule has 25 heavy (non-hydrogen) atoms. The van der Waals surface area contributed by atoms with E-state index >= 15 is 0 Å². The molecular formula is C16H22F3N3O2S. The molecular weight excluding hydrogens is 355 g/mol. The van der Waals surface area contributed by atoms with Crippen LogP contribution in [0.1, 0.15) is 37.5 Å². The fourth-order valence-corrected chi connectivity index (χ4v) is 4.32. The summed E-state index contributed by atoms with van der Waals surface area (Å²) in [5.41, 5.74) is 1.86. The number of ether oxygens (including phenoxy) is 1. The number of nitrogens with zero attached hydrogens (tertiary/aromatic N) is 3. The van der Waals surface area contributed by atoms with Crippen LogP contribution >= 0.6 is 11.3 Å². The fraction of sp³-hybridized carbons (Fsp3) is 0.750. The number of piperidine rings is 1. The number of halogens is 3. The molecule has 1 atom stereocenters. The molecule has 1 aromatic rings. The van der Waals surface area contributed by atoms with E-state index in [0.29, 0.717) is 13.1 Å². The SMILES string of the molecule is CC(OC(=O)N1CCC2(CCCN2Cc2cncs2)CC1)C(F)(F)F. The van der Waals surface area contributed by atoms with Gasteiger partial charge in [0.25, 0.3) is 0 Å². The molecule has 0 saturated carbocycles. The first-order valence-electron chi connectivity index (χ1n) is 8.45. The van der Waals surface area contributed by atoms with Crippen LogP contribution in [-0.4, -0.2) is 58.3 Å². The molecule has 1 amide bonds. The number of thiazole rings is 1. The molecule has 1 aromatic heterocycles. The van der Waals surface area contributed by atoms with Crippen LogP contribution in [0.3, 0.4) is 0 Å². The van der Waals surface area contributed by atoms with Crippen LogP contribution < -0.4 is 0 Å². The largest absolute Gasteiger partial charge is 0.437 e. The fourth-order valence-electron chi connectivity index (χ4n) is 3.71. The van der Waals surface area contributed by atoms with Crippen LogP contribution in [0, 0.1) is 0 Å². The summed E-state index contributed by atoms with van der Waals surface area (Å²) in [4.78, 5) is 21.1. The first kappa shape index (κ1) is 18.4. The summed E-state index contributed by atoms with van der Waals surface area (Å²) in [5, 5.41) is 0. The Kier molecular flexibility index (Phi) is 5.24. The average molecular weight is 377 g/mol. The number of alkyl halides is 3. The van der Waals surface area contributed by atoms with Crippen LogP contribution in [0.4, 0.5) is 18.0 Å². The Morgan fingerprint density at radius 1 is 1.36 bits per heavy atom. The van der Waals surface area contributed by atoms with Crippen LogP contribution in [0.2, 0.25) is 0 Å². The van der Waals surface area contributed by atoms with Gasteiger partial charge in [-0.25, -0.2) is 4.79 Å². The van der Waals surface area contributed by atoms with Gasteiger partial charge in [-0.3, -0.25) is 9.88 Å². The Hall–Kier alpha value is -1.35. The molecule has 0 aromatic carbocycles. The number of carbonyl (C=O) groups excluding carboxylic acids is 1. The third-order valence-corrected chi connectivity index (χ3v) is 6.03. The van der Waals surface area contributed by atoms with Crippen molar-refractivity contribution in [1.29, 1.82) is 0 Å². The van der Waals surface area contributed by atoms with Crippen molar-refractivity contribution in [2.75, 3.05) is 19.6 Å². The second-order valence-electron chi connectivity index (χ2n) is 6.77. The molecule has 1 unspecified atom stereocenters. The van der Waals surface area contributed by atoms with Crippen LogP contribution in [-0.2, 0) is 11.3 Å². The van der Waals surface area contributed by atoms with Crippen molar-refractivity contribution in [2.45, 2.75) is 57.0 Å². The molecule has 140 valence electrons. The van der Waals surface area contributed by atoms with Crippen molar-refractivity contribution in [1.82, 2.24) is 14.8 Å². The molecule has 1 spiro atoms. The lowest BCUT2D eigenvalue weighted by atomic mass is 9.85. The van der Waals surface area contributed by atoms with Gasteiger partial charge in [-0.1, -0.05) is 0 Å². The third-order valence-electron chi connectivity index (χ3n) is 5.26. The highest BCUT2D eigenvalue weighted by atomic mass is 32.1. The second kappa shape index (κ2) is 7.11. The Labute approximate surface area is 148 Å². The molecule has 5 nitrogen and oxygen atoms in total. The van der Waals surface area contributed by atoms with E-state index in [2.05, 4.69) is 14.6 Å². The van der Waals surface area contributed by atoms with Crippen molar-refractivity contribution in [2.24, 2.45) is 0 Å². The first-order valence-corrected chi connectivity index (χ1v) is 9.33. The second-order valence-corrected chi connectivity index (χ2v) is 7.74. The summed E-state index contributed by atoms with van der Waals surface area (Å²) < 4.78 is 42.2. The summed E-state index contributed by atoms with van der Waals surface area (Å²) in [6, 6.07) is 0. The number of carbonyl (C=O) groups is 1. The number of rotatable bonds is 3. The smallest absolute Gasteiger partial charge is 0.425 e. The van der Waals surface area contributed by atoms with Crippen molar-refractivity contribution in [3.63, 3.8) is 0 Å². The van der Waals surface area contributed by atoms with Crippen molar-refractivity contribution in [3.8, 4) is 0 Å². The number of aromatic nitrogens is 1. The van der Waals surface area contributed by atoms with E-state index in [-0.39, 0.29) is 5.54 Å². The van der Waals surface area contributed by atoms with Crippen molar-refractivity contribution in [3.05, 3.63) is 16.6 Å². The van der Waals surface area contributed by atoms with Crippen LogP contribution in [0.5, 0.6) is 0 Å². The van der Waals surface area contributed by atoms with Crippen molar-refractivity contribution >= 4 is 17.4 Å². The van der Waals surface area contributed by atoms with Gasteiger partial charge in [0.05, 0.1) is 5.51 Å². The Bertz CT molecular complexity index is 586. The number of likely N-dealkylation sites (tertiary alicyclic amines) is 2. The van der Waals surface area contributed by atoms with Gasteiger partial charge in [0, 0.05) is 36.2 Å². The van der Waals surface area contributed by atoms with Gasteiger partial charge in [-0.05, 0) is 39.2 Å². The summed E-state index contributed by atoms with van der Waals surface area (Å²) in [7, 11) is 0. The maximum absolute atomic E-state index is 12.5. The Morgan fingerprint density at radius 3 is 2.68 bits per heavy atom. The minimum absolute atomic E-state index is 0.0381. The quantitative estimate of drug-likeness (QED) is 0.807. The first-order chi connectivity index (χ1) is 11.8. The monoisotopic (exact) mass is 377 g/mol. The molecule has 0 bridgehead atoms. The number of hydrogen-bond acceptors (Lipinski definition) is 5. The standard InChI is InChI=1S/C16H22F3N3O2S/c1-12(16(17,18)19)24-14(23)21-7-4-15(5-8-21)3-2-6-22(15)10-13-9-20-11-25-13/h9,11-12H,2-8,10H2,1H3. The summed E-state index contributed by atoms with van der Waals surface area (Å²) >= 11 is 1.63. The maximum atomic E-state index is 12.5. The van der Waals surface area contributed by atoms with Crippen LogP contribution in [0.25, 0.3) is 0 Å². The number of hydrogen-bond donors (Lipinski definition) is 0. The van der Waals surface area contributed by atoms with E-state index < -0.39 is 18.4 Å². The van der Waals surface area contributed by atoms with E-state index in [1.165, 1.54) is 9.78 Å². The lowest BCUT2D eigenvalue weighted by molar-refractivity contribution is -0.200. The molecule has 2 aliphatic rings. The Morgan fingerprint density at radius 2 is 2.08 bits per heavy atom. The van der Waals surface area contributed by atoms with Crippen LogP contribution in [0.15, 0.2) is 11.7 Å². The lowest BCUT2D eigenvalue weighted by Gasteiger charge is -2.44. The molecule has 0 radical (unpaired) electrons. The van der Waals surface area contributed by atoms with Gasteiger partial charge in [0.15, 0.2) is 6.10 Å². The highest BCUT2D eigenvalue weighted by Crippen LogP contribution is 2.39. The van der Waals surface area contributed by atoms with Gasteiger partial charge >= 0.3 is 12.3 Å². The van der Waals surface area contributed by atoms with E-state index in [1.54, 1.807) is 11.3 Å². The third kappa shape index (κ3) is 4.08. The normalized spacial score (nSPS) is 22.3. The van der Waals surface area contributed by atoms with E-state index in [9.17, 15) is 18.0 Å². The maximum Gasteiger partial charge on any atom is 0.425 e. The van der Waals surface area contributed by atoms with E-state index in [0.717, 1.165) is 45.7 Å². The molecule has 0 N–H and O–H groups in total. The molecule has 2 fully saturated rings. The average Bonchev–Trinajstić information content (AvgIpc) is 3.19. The zero-order chi connectivity index (χ0) is 18.1. The van der Waals surface area contributed by atoms with E-state index in [4.69, 9.17) is 0 Å².